The summed E-state index contributed by atoms with van der Waals surface area (Å²) in [6.45, 7) is 5.12. The summed E-state index contributed by atoms with van der Waals surface area (Å²) in [5.74, 6) is 0.181. The second kappa shape index (κ2) is 8.16. The van der Waals surface area contributed by atoms with Crippen LogP contribution in [0.4, 0.5) is 11.4 Å². The molecule has 0 aliphatic carbocycles. The number of hydrogen-bond donors (Lipinski definition) is 2. The minimum Gasteiger partial charge on any atom is -0.508 e. The molecule has 1 fully saturated rings. The molecule has 2 aromatic carbocycles. The molecule has 5 nitrogen and oxygen atoms in total. The highest BCUT2D eigenvalue weighted by molar-refractivity contribution is 6.35. The van der Waals surface area contributed by atoms with E-state index < -0.39 is 0 Å². The minimum atomic E-state index is -0.255. The van der Waals surface area contributed by atoms with Gasteiger partial charge in [0.2, 0.25) is 5.91 Å². The molecule has 3 rings (SSSR count). The van der Waals surface area contributed by atoms with Crippen molar-refractivity contribution in [2.45, 2.75) is 13.0 Å². The van der Waals surface area contributed by atoms with Gasteiger partial charge in [-0.05, 0) is 49.4 Å². The molecule has 1 aliphatic heterocycles. The zero-order valence-electron chi connectivity index (χ0n) is 14.5. The highest BCUT2D eigenvalue weighted by Gasteiger charge is 2.25. The van der Waals surface area contributed by atoms with Crippen LogP contribution in [0, 0.1) is 0 Å². The van der Waals surface area contributed by atoms with Gasteiger partial charge in [-0.1, -0.05) is 23.2 Å². The summed E-state index contributed by atoms with van der Waals surface area (Å²) in [6, 6.07) is 11.9. The van der Waals surface area contributed by atoms with Gasteiger partial charge >= 0.3 is 0 Å². The number of benzene rings is 2. The second-order valence-corrected chi connectivity index (χ2v) is 7.24. The molecular formula is C19H21Cl2N3O2. The van der Waals surface area contributed by atoms with Crippen LogP contribution < -0.4 is 10.2 Å². The lowest BCUT2D eigenvalue weighted by Crippen LogP contribution is -2.52. The number of nitrogens with zero attached hydrogens (tertiary/aromatic N) is 2. The number of piperazine rings is 1. The number of rotatable bonds is 4. The number of aromatic hydroxyl groups is 1. The number of carbonyl (C=O) groups excluding carboxylic acids is 1. The fourth-order valence-electron chi connectivity index (χ4n) is 3.07. The lowest BCUT2D eigenvalue weighted by atomic mass is 10.2. The third kappa shape index (κ3) is 4.61. The van der Waals surface area contributed by atoms with Crippen molar-refractivity contribution in [3.63, 3.8) is 0 Å². The highest BCUT2D eigenvalue weighted by Crippen LogP contribution is 2.23. The van der Waals surface area contributed by atoms with E-state index in [1.54, 1.807) is 30.3 Å². The average molecular weight is 394 g/mol. The van der Waals surface area contributed by atoms with Crippen molar-refractivity contribution < 1.29 is 9.90 Å². The summed E-state index contributed by atoms with van der Waals surface area (Å²) in [5.41, 5.74) is 1.68. The van der Waals surface area contributed by atoms with Gasteiger partial charge in [-0.3, -0.25) is 9.69 Å². The van der Waals surface area contributed by atoms with Gasteiger partial charge in [0.25, 0.3) is 0 Å². The van der Waals surface area contributed by atoms with E-state index >= 15 is 0 Å². The maximum absolute atomic E-state index is 12.5. The summed E-state index contributed by atoms with van der Waals surface area (Å²) in [4.78, 5) is 16.9. The van der Waals surface area contributed by atoms with Crippen LogP contribution in [0.25, 0.3) is 0 Å². The maximum Gasteiger partial charge on any atom is 0.241 e. The predicted molar refractivity (Wildman–Crippen MR) is 106 cm³/mol. The number of carbonyl (C=O) groups is 1. The zero-order chi connectivity index (χ0) is 18.7. The summed E-state index contributed by atoms with van der Waals surface area (Å²) in [7, 11) is 0. The van der Waals surface area contributed by atoms with Crippen molar-refractivity contribution in [3.8, 4) is 5.75 Å². The first kappa shape index (κ1) is 18.8. The molecule has 7 heteroatoms. The van der Waals surface area contributed by atoms with Gasteiger partial charge in [-0.25, -0.2) is 0 Å². The first-order valence-electron chi connectivity index (χ1n) is 8.47. The topological polar surface area (TPSA) is 55.8 Å². The molecule has 0 saturated carbocycles. The van der Waals surface area contributed by atoms with Gasteiger partial charge in [0, 0.05) is 47.6 Å². The van der Waals surface area contributed by atoms with E-state index in [1.165, 1.54) is 0 Å². The predicted octanol–water partition coefficient (Wildman–Crippen LogP) is 3.85. The van der Waals surface area contributed by atoms with E-state index in [2.05, 4.69) is 15.1 Å². The first-order chi connectivity index (χ1) is 12.4. The minimum absolute atomic E-state index is 0.0820. The van der Waals surface area contributed by atoms with Crippen molar-refractivity contribution in [1.29, 1.82) is 0 Å². The summed E-state index contributed by atoms with van der Waals surface area (Å²) >= 11 is 12.0. The van der Waals surface area contributed by atoms with Gasteiger partial charge in [0.05, 0.1) is 6.04 Å². The van der Waals surface area contributed by atoms with Crippen molar-refractivity contribution in [3.05, 3.63) is 52.5 Å². The second-order valence-electron chi connectivity index (χ2n) is 6.36. The number of phenolic OH excluding ortho intramolecular Hbond substituents is 1. The van der Waals surface area contributed by atoms with E-state index in [0.29, 0.717) is 15.7 Å². The molecule has 1 aliphatic rings. The largest absolute Gasteiger partial charge is 0.508 e. The van der Waals surface area contributed by atoms with E-state index in [0.717, 1.165) is 31.9 Å². The molecule has 0 unspecified atom stereocenters. The third-order valence-corrected chi connectivity index (χ3v) is 5.02. The number of amides is 1. The Morgan fingerprint density at radius 1 is 1.04 bits per heavy atom. The van der Waals surface area contributed by atoms with E-state index in [-0.39, 0.29) is 17.7 Å². The van der Waals surface area contributed by atoms with Crippen LogP contribution in [-0.2, 0) is 4.79 Å². The first-order valence-corrected chi connectivity index (χ1v) is 9.23. The molecule has 2 aromatic rings. The SMILES string of the molecule is C[C@@H](C(=O)Nc1cc(Cl)cc(Cl)c1)N1CCN(c2ccc(O)cc2)CC1. The quantitative estimate of drug-likeness (QED) is 0.827. The Balaban J connectivity index is 1.56. The molecule has 0 bridgehead atoms. The van der Waals surface area contributed by atoms with Gasteiger partial charge < -0.3 is 15.3 Å². The van der Waals surface area contributed by atoms with Gasteiger partial charge in [-0.2, -0.15) is 0 Å². The molecule has 1 heterocycles. The van der Waals surface area contributed by atoms with Crippen molar-refractivity contribution in [1.82, 2.24) is 4.90 Å². The molecule has 2 N–H and O–H groups in total. The molecule has 0 radical (unpaired) electrons. The molecule has 1 atom stereocenters. The molecule has 138 valence electrons. The summed E-state index contributed by atoms with van der Waals surface area (Å²) in [5, 5.41) is 13.3. The Morgan fingerprint density at radius 2 is 1.62 bits per heavy atom. The molecule has 1 saturated heterocycles. The van der Waals surface area contributed by atoms with E-state index in [9.17, 15) is 9.90 Å². The van der Waals surface area contributed by atoms with Crippen molar-refractivity contribution in [2.24, 2.45) is 0 Å². The van der Waals surface area contributed by atoms with Gasteiger partial charge in [0.1, 0.15) is 5.75 Å². The molecular weight excluding hydrogens is 373 g/mol. The molecule has 0 spiro atoms. The molecule has 1 amide bonds. The molecule has 0 aromatic heterocycles. The van der Waals surface area contributed by atoms with Crippen LogP contribution in [0.2, 0.25) is 10.0 Å². The number of anilines is 2. The summed E-state index contributed by atoms with van der Waals surface area (Å²) in [6.07, 6.45) is 0. The number of halogens is 2. The van der Waals surface area contributed by atoms with Crippen molar-refractivity contribution in [2.75, 3.05) is 36.4 Å². The lowest BCUT2D eigenvalue weighted by molar-refractivity contribution is -0.120. The lowest BCUT2D eigenvalue weighted by Gasteiger charge is -2.38. The van der Waals surface area contributed by atoms with Crippen LogP contribution in [-0.4, -0.2) is 48.1 Å². The van der Waals surface area contributed by atoms with Crippen LogP contribution in [0.15, 0.2) is 42.5 Å². The van der Waals surface area contributed by atoms with E-state index in [4.69, 9.17) is 23.2 Å². The van der Waals surface area contributed by atoms with Gasteiger partial charge in [-0.15, -0.1) is 0 Å². The zero-order valence-corrected chi connectivity index (χ0v) is 16.0. The Kier molecular flexibility index (Phi) is 5.91. The summed E-state index contributed by atoms with van der Waals surface area (Å²) < 4.78 is 0. The fourth-order valence-corrected chi connectivity index (χ4v) is 3.60. The van der Waals surface area contributed by atoms with Crippen LogP contribution in [0.5, 0.6) is 5.75 Å². The van der Waals surface area contributed by atoms with Crippen LogP contribution in [0.1, 0.15) is 6.92 Å². The Labute approximate surface area is 163 Å². The smallest absolute Gasteiger partial charge is 0.241 e. The standard InChI is InChI=1S/C19H21Cl2N3O2/c1-13(19(26)22-16-11-14(20)10-15(21)12-16)23-6-8-24(9-7-23)17-2-4-18(25)5-3-17/h2-5,10-13,25H,6-9H2,1H3,(H,22,26)/t13-/m0/s1. The van der Waals surface area contributed by atoms with E-state index in [1.807, 2.05) is 19.1 Å². The Bertz CT molecular complexity index is 755. The number of hydrogen-bond acceptors (Lipinski definition) is 4. The number of phenols is 1. The van der Waals surface area contributed by atoms with Crippen molar-refractivity contribution >= 4 is 40.5 Å². The Morgan fingerprint density at radius 3 is 2.19 bits per heavy atom. The third-order valence-electron chi connectivity index (χ3n) is 4.59. The van der Waals surface area contributed by atoms with Crippen LogP contribution in [0.3, 0.4) is 0 Å². The fraction of sp³-hybridized carbons (Fsp3) is 0.316. The Hall–Kier alpha value is -1.95. The maximum atomic E-state index is 12.5. The van der Waals surface area contributed by atoms with Crippen LogP contribution >= 0.6 is 23.2 Å². The monoisotopic (exact) mass is 393 g/mol. The average Bonchev–Trinajstić information content (AvgIpc) is 2.61. The molecule has 26 heavy (non-hydrogen) atoms. The highest BCUT2D eigenvalue weighted by atomic mass is 35.5. The number of nitrogens with one attached hydrogen (secondary N) is 1. The van der Waals surface area contributed by atoms with Gasteiger partial charge in [0.15, 0.2) is 0 Å². The normalized spacial score (nSPS) is 16.3.